The van der Waals surface area contributed by atoms with Gasteiger partial charge in [0.05, 0.1) is 11.9 Å². The van der Waals surface area contributed by atoms with Crippen LogP contribution in [0.4, 0.5) is 0 Å². The van der Waals surface area contributed by atoms with Crippen LogP contribution in [-0.4, -0.2) is 21.6 Å². The molecule has 0 atom stereocenters. The molecule has 0 aliphatic carbocycles. The third-order valence-electron chi connectivity index (χ3n) is 4.40. The largest absolute Gasteiger partial charge is 0.451 e. The van der Waals surface area contributed by atoms with Gasteiger partial charge >= 0.3 is 5.91 Å². The number of amides is 2. The van der Waals surface area contributed by atoms with Crippen molar-refractivity contribution in [2.75, 3.05) is 0 Å². The van der Waals surface area contributed by atoms with Gasteiger partial charge in [-0.2, -0.15) is 5.10 Å². The van der Waals surface area contributed by atoms with Gasteiger partial charge in [-0.15, -0.1) is 0 Å². The van der Waals surface area contributed by atoms with Gasteiger partial charge in [0, 0.05) is 28.8 Å². The van der Waals surface area contributed by atoms with Gasteiger partial charge in [-0.25, -0.2) is 4.68 Å². The van der Waals surface area contributed by atoms with Crippen LogP contribution in [0, 0.1) is 6.92 Å². The number of hydrogen-bond donors (Lipinski definition) is 2. The summed E-state index contributed by atoms with van der Waals surface area (Å²) in [5, 5.41) is 5.12. The molecular formula is C22H18N4O3. The molecule has 0 aliphatic heterocycles. The summed E-state index contributed by atoms with van der Waals surface area (Å²) in [6.45, 7) is 1.80. The van der Waals surface area contributed by atoms with E-state index in [0.717, 1.165) is 22.2 Å². The molecule has 7 heteroatoms. The fourth-order valence-corrected chi connectivity index (χ4v) is 2.92. The Hall–Kier alpha value is -4.13. The Morgan fingerprint density at radius 1 is 1.03 bits per heavy atom. The highest BCUT2D eigenvalue weighted by Crippen LogP contribution is 2.24. The van der Waals surface area contributed by atoms with Crippen LogP contribution in [0.2, 0.25) is 0 Å². The molecule has 2 heterocycles. The lowest BCUT2D eigenvalue weighted by Crippen LogP contribution is -2.40. The number of nitrogens with one attached hydrogen (secondary N) is 2. The minimum atomic E-state index is -0.516. The van der Waals surface area contributed by atoms with Crippen molar-refractivity contribution in [3.8, 4) is 5.69 Å². The lowest BCUT2D eigenvalue weighted by molar-refractivity contribution is -0.117. The van der Waals surface area contributed by atoms with Gasteiger partial charge in [0.15, 0.2) is 5.76 Å². The third kappa shape index (κ3) is 3.93. The molecule has 0 aliphatic rings. The number of rotatable bonds is 4. The Kier molecular flexibility index (Phi) is 4.94. The second-order valence-electron chi connectivity index (χ2n) is 6.38. The first kappa shape index (κ1) is 18.2. The van der Waals surface area contributed by atoms with E-state index >= 15 is 0 Å². The number of hydrogen-bond acceptors (Lipinski definition) is 4. The summed E-state index contributed by atoms with van der Waals surface area (Å²) in [6.07, 6.45) is 6.38. The van der Waals surface area contributed by atoms with Crippen molar-refractivity contribution in [2.45, 2.75) is 6.92 Å². The number of carbonyl (C=O) groups excluding carboxylic acids is 2. The predicted molar refractivity (Wildman–Crippen MR) is 109 cm³/mol. The number of aryl methyl sites for hydroxylation is 1. The summed E-state index contributed by atoms with van der Waals surface area (Å²) in [5.74, 6) is -0.823. The Bertz CT molecular complexity index is 1210. The zero-order valence-corrected chi connectivity index (χ0v) is 15.6. The maximum Gasteiger partial charge on any atom is 0.305 e. The third-order valence-corrected chi connectivity index (χ3v) is 4.40. The van der Waals surface area contributed by atoms with Crippen molar-refractivity contribution in [2.24, 2.45) is 0 Å². The molecule has 0 unspecified atom stereocenters. The number of carbonyl (C=O) groups is 2. The first-order valence-electron chi connectivity index (χ1n) is 8.98. The Morgan fingerprint density at radius 2 is 1.79 bits per heavy atom. The fraction of sp³-hybridized carbons (Fsp3) is 0.0455. The molecule has 29 heavy (non-hydrogen) atoms. The summed E-state index contributed by atoms with van der Waals surface area (Å²) < 4.78 is 7.29. The molecule has 0 spiro atoms. The van der Waals surface area contributed by atoms with E-state index in [0.29, 0.717) is 5.58 Å². The molecule has 0 saturated carbocycles. The predicted octanol–water partition coefficient (Wildman–Crippen LogP) is 3.40. The van der Waals surface area contributed by atoms with Crippen LogP contribution in [-0.2, 0) is 4.79 Å². The molecule has 2 amide bonds. The van der Waals surface area contributed by atoms with Crippen molar-refractivity contribution in [3.63, 3.8) is 0 Å². The average molecular weight is 386 g/mol. The zero-order chi connectivity index (χ0) is 20.2. The first-order chi connectivity index (χ1) is 14.1. The molecule has 0 radical (unpaired) electrons. The summed E-state index contributed by atoms with van der Waals surface area (Å²) >= 11 is 0. The van der Waals surface area contributed by atoms with E-state index in [1.165, 1.54) is 6.08 Å². The van der Waals surface area contributed by atoms with Crippen molar-refractivity contribution in [1.29, 1.82) is 0 Å². The minimum absolute atomic E-state index is 0.166. The molecule has 0 saturated heterocycles. The van der Waals surface area contributed by atoms with E-state index in [9.17, 15) is 9.59 Å². The molecule has 4 aromatic rings. The molecule has 2 aromatic carbocycles. The Labute approximate surface area is 166 Å². The number of fused-ring (bicyclic) bond motifs is 1. The monoisotopic (exact) mass is 386 g/mol. The molecule has 4 rings (SSSR count). The molecule has 2 aromatic heterocycles. The van der Waals surface area contributed by atoms with E-state index < -0.39 is 11.8 Å². The summed E-state index contributed by atoms with van der Waals surface area (Å²) in [7, 11) is 0. The lowest BCUT2D eigenvalue weighted by Gasteiger charge is -2.03. The maximum atomic E-state index is 12.3. The van der Waals surface area contributed by atoms with E-state index in [2.05, 4.69) is 16.0 Å². The van der Waals surface area contributed by atoms with Crippen LogP contribution in [0.25, 0.3) is 22.7 Å². The van der Waals surface area contributed by atoms with Gasteiger partial charge in [0.25, 0.3) is 5.91 Å². The number of nitrogens with zero attached hydrogens (tertiary/aromatic N) is 2. The van der Waals surface area contributed by atoms with Crippen LogP contribution in [0.1, 0.15) is 21.7 Å². The van der Waals surface area contributed by atoms with E-state index in [1.54, 1.807) is 36.1 Å². The van der Waals surface area contributed by atoms with E-state index in [1.807, 2.05) is 48.5 Å². The zero-order valence-electron chi connectivity index (χ0n) is 15.6. The minimum Gasteiger partial charge on any atom is -0.451 e. The number of furan rings is 1. The molecular weight excluding hydrogens is 368 g/mol. The summed E-state index contributed by atoms with van der Waals surface area (Å²) in [5.41, 5.74) is 7.73. The molecule has 0 bridgehead atoms. The molecule has 144 valence electrons. The number of para-hydroxylation sites is 2. The van der Waals surface area contributed by atoms with Crippen LogP contribution < -0.4 is 10.9 Å². The normalized spacial score (nSPS) is 11.1. The quantitative estimate of drug-likeness (QED) is 0.416. The molecule has 7 nitrogen and oxygen atoms in total. The van der Waals surface area contributed by atoms with Gasteiger partial charge < -0.3 is 4.42 Å². The number of benzene rings is 2. The summed E-state index contributed by atoms with van der Waals surface area (Å²) in [6, 6.07) is 17.0. The SMILES string of the molecule is Cc1c(C(=O)NNC(=O)/C=C/c2cnn(-c3ccccc3)c2)oc2ccccc12. The van der Waals surface area contributed by atoms with Gasteiger partial charge in [-0.3, -0.25) is 20.4 Å². The number of hydrazine groups is 1. The second kappa shape index (κ2) is 7.85. The lowest BCUT2D eigenvalue weighted by atomic mass is 10.1. The topological polar surface area (TPSA) is 89.2 Å². The van der Waals surface area contributed by atoms with Crippen LogP contribution >= 0.6 is 0 Å². The van der Waals surface area contributed by atoms with Crippen molar-refractivity contribution in [3.05, 3.63) is 90.0 Å². The first-order valence-corrected chi connectivity index (χ1v) is 8.98. The van der Waals surface area contributed by atoms with Crippen LogP contribution in [0.5, 0.6) is 0 Å². The highest BCUT2D eigenvalue weighted by molar-refractivity contribution is 6.00. The maximum absolute atomic E-state index is 12.3. The van der Waals surface area contributed by atoms with Gasteiger partial charge in [-0.05, 0) is 31.2 Å². The average Bonchev–Trinajstić information content (AvgIpc) is 3.36. The second-order valence-corrected chi connectivity index (χ2v) is 6.38. The fourth-order valence-electron chi connectivity index (χ4n) is 2.92. The van der Waals surface area contributed by atoms with Gasteiger partial charge in [0.2, 0.25) is 0 Å². The van der Waals surface area contributed by atoms with Crippen molar-refractivity contribution in [1.82, 2.24) is 20.6 Å². The van der Waals surface area contributed by atoms with Crippen molar-refractivity contribution < 1.29 is 14.0 Å². The molecule has 0 fully saturated rings. The van der Waals surface area contributed by atoms with Crippen LogP contribution in [0.15, 0.2) is 77.5 Å². The highest BCUT2D eigenvalue weighted by Gasteiger charge is 2.17. The Morgan fingerprint density at radius 3 is 2.59 bits per heavy atom. The smallest absolute Gasteiger partial charge is 0.305 e. The van der Waals surface area contributed by atoms with Crippen molar-refractivity contribution >= 4 is 28.9 Å². The summed E-state index contributed by atoms with van der Waals surface area (Å²) in [4.78, 5) is 24.3. The Balaban J connectivity index is 1.37. The number of aromatic nitrogens is 2. The van der Waals surface area contributed by atoms with E-state index in [4.69, 9.17) is 4.42 Å². The highest BCUT2D eigenvalue weighted by atomic mass is 16.3. The van der Waals surface area contributed by atoms with E-state index in [-0.39, 0.29) is 5.76 Å². The van der Waals surface area contributed by atoms with Gasteiger partial charge in [0.1, 0.15) is 5.58 Å². The standard InChI is InChI=1S/C22H18N4O3/c1-15-18-9-5-6-10-19(18)29-21(15)22(28)25-24-20(27)12-11-16-13-23-26(14-16)17-7-3-2-4-8-17/h2-14H,1H3,(H,24,27)(H,25,28)/b12-11+. The van der Waals surface area contributed by atoms with Crippen LogP contribution in [0.3, 0.4) is 0 Å². The van der Waals surface area contributed by atoms with Gasteiger partial charge in [-0.1, -0.05) is 36.4 Å². The molecule has 2 N–H and O–H groups in total.